The monoisotopic (exact) mass is 1110 g/mol. The number of rotatable bonds is 67. The molecule has 3 N–H and O–H groups in total. The molecule has 0 rings (SSSR count). The fraction of sp³-hybridized carbons (Fsp3) is 0.890. The number of esters is 1. The van der Waals surface area contributed by atoms with Gasteiger partial charge >= 0.3 is 5.97 Å². The van der Waals surface area contributed by atoms with Crippen molar-refractivity contribution in [2.45, 2.75) is 405 Å². The molecule has 0 aliphatic carbocycles. The number of ether oxygens (including phenoxy) is 1. The van der Waals surface area contributed by atoms with Gasteiger partial charge in [-0.05, 0) is 83.5 Å². The van der Waals surface area contributed by atoms with Crippen LogP contribution >= 0.6 is 0 Å². The molecule has 0 aromatic heterocycles. The molecule has 79 heavy (non-hydrogen) atoms. The molecule has 0 saturated heterocycles. The molecular weight excluding hydrogens is 971 g/mol. The lowest BCUT2D eigenvalue weighted by molar-refractivity contribution is -0.143. The number of nitrogens with one attached hydrogen (secondary N) is 1. The zero-order chi connectivity index (χ0) is 57.1. The summed E-state index contributed by atoms with van der Waals surface area (Å²) in [6.07, 6.45) is 87.9. The van der Waals surface area contributed by atoms with Crippen molar-refractivity contribution >= 4 is 11.9 Å². The van der Waals surface area contributed by atoms with Gasteiger partial charge < -0.3 is 20.3 Å². The Hall–Kier alpha value is -1.92. The minimum atomic E-state index is -0.846. The van der Waals surface area contributed by atoms with E-state index in [2.05, 4.69) is 43.5 Å². The van der Waals surface area contributed by atoms with E-state index in [9.17, 15) is 19.8 Å². The zero-order valence-electron chi connectivity index (χ0n) is 53.4. The van der Waals surface area contributed by atoms with Crippen molar-refractivity contribution in [3.8, 4) is 0 Å². The summed E-state index contributed by atoms with van der Waals surface area (Å²) in [5.41, 5.74) is 0. The van der Waals surface area contributed by atoms with Crippen LogP contribution in [0.15, 0.2) is 36.5 Å². The number of carbonyl (C=O) groups is 2. The summed E-state index contributed by atoms with van der Waals surface area (Å²) in [7, 11) is 0. The standard InChI is InChI=1S/C73H139NO5/c1-3-5-7-9-11-13-15-17-19-20-21-31-34-38-41-45-49-53-57-61-65-71(76)70(69-75)74-72(77)66-62-58-54-50-46-42-39-35-32-29-27-25-23-22-24-26-28-30-33-36-40-44-48-52-56-60-64-68-79-73(78)67-63-59-55-51-47-43-37-18-16-14-12-10-8-6-4-2/h18,22-23,37,61,65,70-71,75-76H,3-17,19-21,24-36,38-60,62-64,66-69H2,1-2H3,(H,74,77)/b23-22-,37-18-,65-61+. The van der Waals surface area contributed by atoms with Crippen molar-refractivity contribution in [1.82, 2.24) is 5.32 Å². The Morgan fingerprint density at radius 3 is 0.899 bits per heavy atom. The Balaban J connectivity index is 3.41. The molecule has 0 aromatic carbocycles. The van der Waals surface area contributed by atoms with Crippen LogP contribution in [-0.4, -0.2) is 47.4 Å². The highest BCUT2D eigenvalue weighted by Gasteiger charge is 2.18. The van der Waals surface area contributed by atoms with Crippen molar-refractivity contribution in [2.24, 2.45) is 0 Å². The van der Waals surface area contributed by atoms with Crippen molar-refractivity contribution in [3.63, 3.8) is 0 Å². The van der Waals surface area contributed by atoms with Crippen LogP contribution in [0.2, 0.25) is 0 Å². The summed E-state index contributed by atoms with van der Waals surface area (Å²) >= 11 is 0. The largest absolute Gasteiger partial charge is 0.466 e. The van der Waals surface area contributed by atoms with Gasteiger partial charge in [-0.2, -0.15) is 0 Å². The SMILES string of the molecule is CCCCCCCC/C=C\CCCCCCCC(=O)OCCCCCCCCCCCCCC/C=C\CCCCCCCCCCCCCC(=O)NC(CO)C(O)/C=C/CCCCCCCCCCCCCCCCCCCC. The number of aliphatic hydroxyl groups excluding tert-OH is 2. The number of hydrogen-bond acceptors (Lipinski definition) is 5. The molecule has 466 valence electrons. The van der Waals surface area contributed by atoms with Crippen LogP contribution in [0, 0.1) is 0 Å². The Labute approximate surface area is 494 Å². The minimum Gasteiger partial charge on any atom is -0.466 e. The molecule has 0 saturated carbocycles. The quantitative estimate of drug-likeness (QED) is 0.0320. The molecule has 0 fully saturated rings. The number of amides is 1. The van der Waals surface area contributed by atoms with Gasteiger partial charge in [0.25, 0.3) is 0 Å². The Morgan fingerprint density at radius 1 is 0.342 bits per heavy atom. The maximum Gasteiger partial charge on any atom is 0.305 e. The van der Waals surface area contributed by atoms with Crippen LogP contribution < -0.4 is 5.32 Å². The van der Waals surface area contributed by atoms with Crippen LogP contribution in [0.3, 0.4) is 0 Å². The van der Waals surface area contributed by atoms with Gasteiger partial charge in [0.1, 0.15) is 0 Å². The molecule has 0 heterocycles. The lowest BCUT2D eigenvalue weighted by Gasteiger charge is -2.20. The van der Waals surface area contributed by atoms with E-state index < -0.39 is 12.1 Å². The van der Waals surface area contributed by atoms with E-state index in [0.717, 1.165) is 44.9 Å². The van der Waals surface area contributed by atoms with E-state index >= 15 is 0 Å². The second kappa shape index (κ2) is 68.6. The first-order chi connectivity index (χ1) is 39.0. The van der Waals surface area contributed by atoms with Crippen LogP contribution in [0.5, 0.6) is 0 Å². The van der Waals surface area contributed by atoms with E-state index in [0.29, 0.717) is 19.4 Å². The molecule has 0 aromatic rings. The molecule has 1 amide bonds. The van der Waals surface area contributed by atoms with Crippen LogP contribution in [0.25, 0.3) is 0 Å². The average molecular weight is 1110 g/mol. The molecule has 0 bridgehead atoms. The molecule has 0 spiro atoms. The van der Waals surface area contributed by atoms with Gasteiger partial charge in [-0.25, -0.2) is 0 Å². The van der Waals surface area contributed by atoms with E-state index in [1.54, 1.807) is 6.08 Å². The molecule has 0 aliphatic heterocycles. The molecular formula is C73H139NO5. The Kier molecular flexibility index (Phi) is 66.9. The molecule has 0 radical (unpaired) electrons. The maximum absolute atomic E-state index is 12.5. The summed E-state index contributed by atoms with van der Waals surface area (Å²) < 4.78 is 5.49. The summed E-state index contributed by atoms with van der Waals surface area (Å²) in [5, 5.41) is 23.2. The fourth-order valence-electron chi connectivity index (χ4n) is 11.2. The third-order valence-electron chi connectivity index (χ3n) is 16.6. The highest BCUT2D eigenvalue weighted by Crippen LogP contribution is 2.18. The summed E-state index contributed by atoms with van der Waals surface area (Å²) in [4.78, 5) is 24.6. The van der Waals surface area contributed by atoms with Crippen molar-refractivity contribution in [2.75, 3.05) is 13.2 Å². The van der Waals surface area contributed by atoms with Gasteiger partial charge in [-0.3, -0.25) is 9.59 Å². The van der Waals surface area contributed by atoms with Crippen molar-refractivity contribution in [1.29, 1.82) is 0 Å². The summed E-state index contributed by atoms with van der Waals surface area (Å²) in [6, 6.07) is -0.630. The van der Waals surface area contributed by atoms with Gasteiger partial charge in [0.15, 0.2) is 0 Å². The second-order valence-electron chi connectivity index (χ2n) is 24.6. The van der Waals surface area contributed by atoms with E-state index in [1.807, 2.05) is 6.08 Å². The molecule has 6 nitrogen and oxygen atoms in total. The van der Waals surface area contributed by atoms with E-state index in [-0.39, 0.29) is 18.5 Å². The first-order valence-corrected chi connectivity index (χ1v) is 35.8. The third kappa shape index (κ3) is 65.1. The Morgan fingerprint density at radius 2 is 0.595 bits per heavy atom. The van der Waals surface area contributed by atoms with E-state index in [4.69, 9.17) is 4.74 Å². The smallest absolute Gasteiger partial charge is 0.305 e. The number of allylic oxidation sites excluding steroid dienone is 5. The van der Waals surface area contributed by atoms with Gasteiger partial charge in [0.2, 0.25) is 5.91 Å². The third-order valence-corrected chi connectivity index (χ3v) is 16.6. The van der Waals surface area contributed by atoms with Crippen molar-refractivity contribution < 1.29 is 24.5 Å². The summed E-state index contributed by atoms with van der Waals surface area (Å²) in [6.45, 7) is 4.93. The number of carbonyl (C=O) groups excluding carboxylic acids is 2. The van der Waals surface area contributed by atoms with Crippen LogP contribution in [0.4, 0.5) is 0 Å². The van der Waals surface area contributed by atoms with Gasteiger partial charge in [-0.1, -0.05) is 333 Å². The number of unbranched alkanes of at least 4 members (excludes halogenated alkanes) is 52. The predicted molar refractivity (Wildman–Crippen MR) is 347 cm³/mol. The van der Waals surface area contributed by atoms with Gasteiger partial charge in [0, 0.05) is 12.8 Å². The van der Waals surface area contributed by atoms with E-state index in [1.165, 1.54) is 321 Å². The number of aliphatic hydroxyl groups is 2. The molecule has 0 aliphatic rings. The highest BCUT2D eigenvalue weighted by molar-refractivity contribution is 5.76. The minimum absolute atomic E-state index is 0.00726. The lowest BCUT2D eigenvalue weighted by atomic mass is 10.0. The summed E-state index contributed by atoms with van der Waals surface area (Å²) in [5.74, 6) is -0.0582. The van der Waals surface area contributed by atoms with Crippen molar-refractivity contribution in [3.05, 3.63) is 36.5 Å². The van der Waals surface area contributed by atoms with Crippen LogP contribution in [0.1, 0.15) is 393 Å². The zero-order valence-corrected chi connectivity index (χ0v) is 53.4. The molecule has 6 heteroatoms. The van der Waals surface area contributed by atoms with Gasteiger partial charge in [0.05, 0.1) is 25.4 Å². The lowest BCUT2D eigenvalue weighted by Crippen LogP contribution is -2.45. The number of hydrogen-bond donors (Lipinski definition) is 3. The Bertz CT molecular complexity index is 1280. The van der Waals surface area contributed by atoms with Crippen LogP contribution in [-0.2, 0) is 14.3 Å². The second-order valence-corrected chi connectivity index (χ2v) is 24.6. The predicted octanol–water partition coefficient (Wildman–Crippen LogP) is 23.1. The highest BCUT2D eigenvalue weighted by atomic mass is 16.5. The first kappa shape index (κ1) is 77.1. The maximum atomic E-state index is 12.5. The average Bonchev–Trinajstić information content (AvgIpc) is 3.45. The normalized spacial score (nSPS) is 12.7. The topological polar surface area (TPSA) is 95.9 Å². The fourth-order valence-corrected chi connectivity index (χ4v) is 11.2. The molecule has 2 atom stereocenters. The molecule has 2 unspecified atom stereocenters. The van der Waals surface area contributed by atoms with Gasteiger partial charge in [-0.15, -0.1) is 0 Å². The first-order valence-electron chi connectivity index (χ1n) is 35.8.